The van der Waals surface area contributed by atoms with Crippen molar-refractivity contribution < 1.29 is 34.3 Å². The van der Waals surface area contributed by atoms with Gasteiger partial charge in [-0.05, 0) is 6.42 Å². The van der Waals surface area contributed by atoms with Crippen molar-refractivity contribution in [3.8, 4) is 0 Å². The van der Waals surface area contributed by atoms with Crippen LogP contribution in [0, 0.1) is 0 Å². The number of nitrogens with one attached hydrogen (secondary N) is 1. The molecule has 1 N–H and O–H groups in total. The van der Waals surface area contributed by atoms with Gasteiger partial charge in [0.25, 0.3) is 0 Å². The Hall–Kier alpha value is -0.310. The molecule has 28 heavy (non-hydrogen) atoms. The molecule has 0 amide bonds. The molecule has 0 spiro atoms. The van der Waals surface area contributed by atoms with Crippen molar-refractivity contribution in [2.24, 2.45) is 0 Å². The second-order valence-corrected chi connectivity index (χ2v) is 8.21. The van der Waals surface area contributed by atoms with Crippen LogP contribution >= 0.6 is 0 Å². The Bertz CT molecular complexity index is 369. The Morgan fingerprint density at radius 1 is 0.536 bits per heavy atom. The first kappa shape index (κ1) is 32.4. The van der Waals surface area contributed by atoms with Crippen LogP contribution in [0.5, 0.6) is 0 Å². The van der Waals surface area contributed by atoms with Gasteiger partial charge >= 0.3 is 0 Å². The van der Waals surface area contributed by atoms with Crippen molar-refractivity contribution in [2.75, 3.05) is 21.1 Å². The van der Waals surface area contributed by atoms with Crippen molar-refractivity contribution in [2.45, 2.75) is 103 Å². The van der Waals surface area contributed by atoms with E-state index in [1.165, 1.54) is 101 Å². The number of nitrogens with zero attached hydrogens (tertiary/aromatic N) is 1. The Kier molecular flexibility index (Phi) is 30.8. The summed E-state index contributed by atoms with van der Waals surface area (Å²) in [6.45, 7) is 3.47. The lowest BCUT2D eigenvalue weighted by atomic mass is 10.0. The fraction of sp³-hybridized carbons (Fsp3) is 0.792. The maximum Gasteiger partial charge on any atom is 0.168 e. The summed E-state index contributed by atoms with van der Waals surface area (Å²) in [6, 6.07) is 6.31. The molecule has 0 saturated carbocycles. The van der Waals surface area contributed by atoms with Crippen LogP contribution in [-0.2, 0) is 6.54 Å². The molecule has 0 fully saturated rings. The highest BCUT2D eigenvalue weighted by Crippen LogP contribution is 2.12. The van der Waals surface area contributed by atoms with Gasteiger partial charge in [-0.3, -0.25) is 0 Å². The third kappa shape index (κ3) is 27.9. The number of hydrogen-bond acceptors (Lipinski definition) is 0. The minimum absolute atomic E-state index is 0. The maximum absolute atomic E-state index is 2.29. The minimum Gasteiger partial charge on any atom is -1.00 e. The fourth-order valence-electron chi connectivity index (χ4n) is 3.07. The summed E-state index contributed by atoms with van der Waals surface area (Å²) in [5.74, 6) is 0. The average Bonchev–Trinajstić information content (AvgIpc) is 2.62. The molecule has 0 radical (unpaired) electrons. The number of aromatic nitrogens is 1. The van der Waals surface area contributed by atoms with Crippen LogP contribution in [0.4, 0.5) is 0 Å². The standard InChI is InChI=1S/C21H38N.C3H9N.2ClH/c1-2-3-4-5-6-7-8-9-10-11-12-13-14-16-19-22-20-17-15-18-21-22;1-4(2)3;;/h15,17-18,20-21H,2-14,16,19H2,1H3;1-3H3;2*1H/q+1;;;/p-1. The van der Waals surface area contributed by atoms with E-state index in [1.807, 2.05) is 0 Å². The van der Waals surface area contributed by atoms with Crippen LogP contribution < -0.4 is 34.3 Å². The SMILES string of the molecule is CCCCCCCCCCCCCCCC[n+]1ccccc1.C[NH+](C)C.[Cl-].[Cl-]. The van der Waals surface area contributed by atoms with E-state index < -0.39 is 0 Å². The van der Waals surface area contributed by atoms with Gasteiger partial charge in [0.1, 0.15) is 6.54 Å². The molecule has 0 bridgehead atoms. The van der Waals surface area contributed by atoms with E-state index in [4.69, 9.17) is 0 Å². The van der Waals surface area contributed by atoms with Gasteiger partial charge in [0.2, 0.25) is 0 Å². The molecule has 1 aromatic heterocycles. The summed E-state index contributed by atoms with van der Waals surface area (Å²) in [4.78, 5) is 1.42. The van der Waals surface area contributed by atoms with Crippen LogP contribution in [0.1, 0.15) is 96.8 Å². The Balaban J connectivity index is -0.000000948. The normalized spacial score (nSPS) is 9.89. The Labute approximate surface area is 189 Å². The predicted molar refractivity (Wildman–Crippen MR) is 116 cm³/mol. The summed E-state index contributed by atoms with van der Waals surface area (Å²) >= 11 is 0. The topological polar surface area (TPSA) is 8.32 Å². The predicted octanol–water partition coefficient (Wildman–Crippen LogP) is -0.776. The lowest BCUT2D eigenvalue weighted by Gasteiger charge is -2.02. The molecule has 0 aliphatic carbocycles. The molecule has 0 aromatic carbocycles. The van der Waals surface area contributed by atoms with E-state index in [1.54, 1.807) is 0 Å². The molecule has 2 nitrogen and oxygen atoms in total. The van der Waals surface area contributed by atoms with Crippen molar-refractivity contribution in [1.29, 1.82) is 0 Å². The number of rotatable bonds is 15. The number of aryl methyl sites for hydroxylation is 1. The van der Waals surface area contributed by atoms with Crippen LogP contribution in [-0.4, -0.2) is 21.1 Å². The van der Waals surface area contributed by atoms with E-state index in [9.17, 15) is 0 Å². The molecule has 168 valence electrons. The first-order valence-corrected chi connectivity index (χ1v) is 11.4. The molecule has 0 aliphatic rings. The van der Waals surface area contributed by atoms with Crippen LogP contribution in [0.2, 0.25) is 0 Å². The third-order valence-electron chi connectivity index (χ3n) is 4.55. The summed E-state index contributed by atoms with van der Waals surface area (Å²) < 4.78 is 2.29. The zero-order valence-corrected chi connectivity index (χ0v) is 20.7. The zero-order chi connectivity index (χ0) is 19.3. The molecular formula is C24H48Cl2N2. The van der Waals surface area contributed by atoms with Crippen molar-refractivity contribution in [1.82, 2.24) is 0 Å². The minimum atomic E-state index is 0. The number of unbranched alkanes of at least 4 members (excludes halogenated alkanes) is 13. The van der Waals surface area contributed by atoms with Gasteiger partial charge in [-0.1, -0.05) is 90.0 Å². The van der Waals surface area contributed by atoms with E-state index in [-0.39, 0.29) is 24.8 Å². The summed E-state index contributed by atoms with van der Waals surface area (Å²) in [5, 5.41) is 0. The van der Waals surface area contributed by atoms with Crippen molar-refractivity contribution >= 4 is 0 Å². The zero-order valence-electron chi connectivity index (χ0n) is 19.2. The van der Waals surface area contributed by atoms with Crippen LogP contribution in [0.3, 0.4) is 0 Å². The smallest absolute Gasteiger partial charge is 0.168 e. The van der Waals surface area contributed by atoms with Gasteiger partial charge in [0.15, 0.2) is 12.4 Å². The first-order valence-electron chi connectivity index (χ1n) is 11.4. The van der Waals surface area contributed by atoms with Crippen LogP contribution in [0.25, 0.3) is 0 Å². The lowest BCUT2D eigenvalue weighted by Crippen LogP contribution is -3.02. The van der Waals surface area contributed by atoms with Gasteiger partial charge in [0, 0.05) is 18.6 Å². The molecule has 0 atom stereocenters. The fourth-order valence-corrected chi connectivity index (χ4v) is 3.07. The third-order valence-corrected chi connectivity index (χ3v) is 4.55. The molecular weight excluding hydrogens is 387 g/mol. The quantitative estimate of drug-likeness (QED) is 0.274. The highest BCUT2D eigenvalue weighted by Gasteiger charge is 1.98. The molecule has 0 unspecified atom stereocenters. The van der Waals surface area contributed by atoms with Gasteiger partial charge in [-0.15, -0.1) is 0 Å². The highest BCUT2D eigenvalue weighted by molar-refractivity contribution is 4.83. The number of quaternary nitrogens is 1. The van der Waals surface area contributed by atoms with E-state index in [2.05, 4.69) is 63.2 Å². The Morgan fingerprint density at radius 2 is 0.857 bits per heavy atom. The monoisotopic (exact) mass is 434 g/mol. The summed E-state index contributed by atoms with van der Waals surface area (Å²) in [5.41, 5.74) is 0. The van der Waals surface area contributed by atoms with Crippen molar-refractivity contribution in [3.63, 3.8) is 0 Å². The highest BCUT2D eigenvalue weighted by atomic mass is 35.5. The largest absolute Gasteiger partial charge is 1.00 e. The number of halogens is 2. The Morgan fingerprint density at radius 3 is 1.21 bits per heavy atom. The summed E-state index contributed by atoms with van der Waals surface area (Å²) in [7, 11) is 6.25. The van der Waals surface area contributed by atoms with Gasteiger partial charge in [0.05, 0.1) is 21.1 Å². The van der Waals surface area contributed by atoms with E-state index in [0.717, 1.165) is 0 Å². The lowest BCUT2D eigenvalue weighted by molar-refractivity contribution is -0.836. The average molecular weight is 436 g/mol. The second-order valence-electron chi connectivity index (χ2n) is 8.21. The van der Waals surface area contributed by atoms with Gasteiger partial charge < -0.3 is 29.7 Å². The summed E-state index contributed by atoms with van der Waals surface area (Å²) in [6.07, 6.45) is 24.4. The molecule has 0 saturated heterocycles. The van der Waals surface area contributed by atoms with Crippen LogP contribution in [0.15, 0.2) is 30.6 Å². The molecule has 4 heteroatoms. The molecule has 0 aliphatic heterocycles. The number of hydrogen-bond donors (Lipinski definition) is 1. The van der Waals surface area contributed by atoms with E-state index >= 15 is 0 Å². The molecule has 1 rings (SSSR count). The molecule has 1 heterocycles. The van der Waals surface area contributed by atoms with E-state index in [0.29, 0.717) is 0 Å². The molecule has 1 aromatic rings. The first-order chi connectivity index (χ1) is 12.7. The number of pyridine rings is 1. The maximum atomic E-state index is 2.29. The second kappa shape index (κ2) is 26.7. The van der Waals surface area contributed by atoms with Crippen molar-refractivity contribution in [3.05, 3.63) is 30.6 Å². The van der Waals surface area contributed by atoms with Gasteiger partial charge in [-0.2, -0.15) is 0 Å². The van der Waals surface area contributed by atoms with Gasteiger partial charge in [-0.25, -0.2) is 4.57 Å².